The first kappa shape index (κ1) is 22.2. The number of hydrogen-bond donors (Lipinski definition) is 1. The zero-order chi connectivity index (χ0) is 22.8. The van der Waals surface area contributed by atoms with Gasteiger partial charge in [-0.15, -0.1) is 11.8 Å². The quantitative estimate of drug-likeness (QED) is 0.504. The van der Waals surface area contributed by atoms with Crippen LogP contribution in [0.4, 0.5) is 10.5 Å². The summed E-state index contributed by atoms with van der Waals surface area (Å²) in [5, 5.41) is 0.620. The molecule has 32 heavy (non-hydrogen) atoms. The van der Waals surface area contributed by atoms with Gasteiger partial charge in [0, 0.05) is 5.69 Å². The Morgan fingerprint density at radius 3 is 2.53 bits per heavy atom. The van der Waals surface area contributed by atoms with E-state index in [1.807, 2.05) is 31.2 Å². The van der Waals surface area contributed by atoms with Crippen LogP contribution in [0.2, 0.25) is 0 Å². The number of thioether (sulfide) groups is 2. The molecule has 0 aliphatic carbocycles. The average Bonchev–Trinajstić information content (AvgIpc) is 3.30. The topological polar surface area (TPSA) is 102 Å². The molecule has 2 aromatic rings. The Kier molecular flexibility index (Phi) is 6.43. The highest BCUT2D eigenvalue weighted by atomic mass is 32.2. The maximum absolute atomic E-state index is 12.6. The fourth-order valence-electron chi connectivity index (χ4n) is 3.42. The third-order valence-corrected chi connectivity index (χ3v) is 7.19. The molecule has 2 atom stereocenters. The van der Waals surface area contributed by atoms with Crippen molar-refractivity contribution < 1.29 is 28.7 Å². The van der Waals surface area contributed by atoms with Crippen molar-refractivity contribution in [1.82, 2.24) is 5.32 Å². The molecule has 0 unspecified atom stereocenters. The van der Waals surface area contributed by atoms with Crippen molar-refractivity contribution in [1.29, 1.82) is 0 Å². The van der Waals surface area contributed by atoms with E-state index >= 15 is 0 Å². The zero-order valence-corrected chi connectivity index (χ0v) is 19.0. The van der Waals surface area contributed by atoms with E-state index < -0.39 is 22.4 Å². The number of hydrogen-bond acceptors (Lipinski definition) is 8. The van der Waals surface area contributed by atoms with Crippen LogP contribution in [-0.2, 0) is 14.4 Å². The maximum Gasteiger partial charge on any atom is 0.312 e. The molecule has 4 rings (SSSR count). The lowest BCUT2D eigenvalue weighted by Gasteiger charge is -2.25. The Morgan fingerprint density at radius 1 is 1.12 bits per heavy atom. The third-order valence-electron chi connectivity index (χ3n) is 5.00. The second-order valence-corrected chi connectivity index (χ2v) is 9.48. The standard InChI is InChI=1S/C22H20N2O6S2/c1-12-3-6-14(7-4-12)24-18(25)11-31-21(24)13-5-8-15(16(9-13)29-2)30-19(26)10-17-20(27)23-22(28)32-17/h3-9,17,21H,10-11H2,1-2H3,(H,23,27,28)/t17-,21-/m0/s1. The summed E-state index contributed by atoms with van der Waals surface area (Å²) in [6.07, 6.45) is -0.235. The van der Waals surface area contributed by atoms with Crippen molar-refractivity contribution in [2.75, 3.05) is 17.8 Å². The smallest absolute Gasteiger partial charge is 0.312 e. The number of methoxy groups -OCH3 is 1. The van der Waals surface area contributed by atoms with Crippen LogP contribution in [0.15, 0.2) is 42.5 Å². The Balaban J connectivity index is 1.52. The highest BCUT2D eigenvalue weighted by Gasteiger charge is 2.36. The fraction of sp³-hybridized carbons (Fsp3) is 0.273. The molecule has 2 fully saturated rings. The number of carbonyl (C=O) groups is 4. The van der Waals surface area contributed by atoms with Crippen LogP contribution >= 0.6 is 23.5 Å². The van der Waals surface area contributed by atoms with E-state index in [1.165, 1.54) is 18.9 Å². The van der Waals surface area contributed by atoms with Gasteiger partial charge in [0.25, 0.3) is 5.24 Å². The number of benzene rings is 2. The largest absolute Gasteiger partial charge is 0.493 e. The molecular weight excluding hydrogens is 452 g/mol. The molecule has 0 aromatic heterocycles. The van der Waals surface area contributed by atoms with Gasteiger partial charge in [-0.05, 0) is 36.8 Å². The number of esters is 1. The third kappa shape index (κ3) is 4.61. The van der Waals surface area contributed by atoms with Crippen molar-refractivity contribution in [3.63, 3.8) is 0 Å². The van der Waals surface area contributed by atoms with E-state index in [2.05, 4.69) is 5.32 Å². The molecule has 2 heterocycles. The minimum Gasteiger partial charge on any atom is -0.493 e. The molecule has 2 aliphatic heterocycles. The van der Waals surface area contributed by atoms with Gasteiger partial charge in [-0.1, -0.05) is 35.5 Å². The molecule has 10 heteroatoms. The number of ether oxygens (including phenoxy) is 2. The minimum atomic E-state index is -0.802. The SMILES string of the molecule is COc1cc([C@@H]2SCC(=O)N2c2ccc(C)cc2)ccc1OC(=O)C[C@@H]1SC(=O)NC1=O. The van der Waals surface area contributed by atoms with Gasteiger partial charge in [0.2, 0.25) is 11.8 Å². The van der Waals surface area contributed by atoms with Gasteiger partial charge in [-0.3, -0.25) is 29.4 Å². The number of carbonyl (C=O) groups excluding carboxylic acids is 4. The highest BCUT2D eigenvalue weighted by molar-refractivity contribution is 8.15. The molecule has 166 valence electrons. The maximum atomic E-state index is 12.6. The summed E-state index contributed by atoms with van der Waals surface area (Å²) in [6, 6.07) is 12.9. The first-order valence-electron chi connectivity index (χ1n) is 9.76. The van der Waals surface area contributed by atoms with Crippen LogP contribution in [0.1, 0.15) is 22.9 Å². The predicted octanol–water partition coefficient (Wildman–Crippen LogP) is 3.43. The number of imide groups is 1. The number of rotatable bonds is 6. The summed E-state index contributed by atoms with van der Waals surface area (Å²) < 4.78 is 10.8. The Labute approximate surface area is 193 Å². The van der Waals surface area contributed by atoms with Gasteiger partial charge in [-0.25, -0.2) is 0 Å². The van der Waals surface area contributed by atoms with Gasteiger partial charge in [0.1, 0.15) is 10.6 Å². The first-order chi connectivity index (χ1) is 15.4. The van der Waals surface area contributed by atoms with Crippen molar-refractivity contribution >= 4 is 52.2 Å². The summed E-state index contributed by atoms with van der Waals surface area (Å²) in [6.45, 7) is 1.99. The number of nitrogens with zero attached hydrogens (tertiary/aromatic N) is 1. The minimum absolute atomic E-state index is 0.0141. The van der Waals surface area contributed by atoms with E-state index in [0.717, 1.165) is 28.6 Å². The van der Waals surface area contributed by atoms with Crippen LogP contribution in [0.3, 0.4) is 0 Å². The van der Waals surface area contributed by atoms with E-state index in [4.69, 9.17) is 9.47 Å². The average molecular weight is 473 g/mol. The van der Waals surface area contributed by atoms with Gasteiger partial charge >= 0.3 is 5.97 Å². The second-order valence-electron chi connectivity index (χ2n) is 7.23. The molecule has 1 N–H and O–H groups in total. The molecular formula is C22H20N2O6S2. The van der Waals surface area contributed by atoms with E-state index in [9.17, 15) is 19.2 Å². The summed E-state index contributed by atoms with van der Waals surface area (Å²) >= 11 is 2.27. The molecule has 2 aliphatic rings. The zero-order valence-electron chi connectivity index (χ0n) is 17.3. The van der Waals surface area contributed by atoms with Crippen molar-refractivity contribution in [2.24, 2.45) is 0 Å². The van der Waals surface area contributed by atoms with Crippen LogP contribution in [0.25, 0.3) is 0 Å². The van der Waals surface area contributed by atoms with E-state index in [-0.39, 0.29) is 23.5 Å². The molecule has 0 bridgehead atoms. The molecule has 0 spiro atoms. The Hall–Kier alpha value is -2.98. The predicted molar refractivity (Wildman–Crippen MR) is 122 cm³/mol. The van der Waals surface area contributed by atoms with E-state index in [0.29, 0.717) is 11.5 Å². The summed E-state index contributed by atoms with van der Waals surface area (Å²) in [5.41, 5.74) is 2.75. The molecule has 0 saturated carbocycles. The highest BCUT2D eigenvalue weighted by Crippen LogP contribution is 2.44. The normalized spacial score (nSPS) is 20.4. The molecule has 3 amide bonds. The lowest BCUT2D eigenvalue weighted by Crippen LogP contribution is -2.28. The summed E-state index contributed by atoms with van der Waals surface area (Å²) in [5.74, 6) is -0.243. The van der Waals surface area contributed by atoms with Crippen molar-refractivity contribution in [2.45, 2.75) is 24.0 Å². The number of aryl methyl sites for hydroxylation is 1. The summed E-state index contributed by atoms with van der Waals surface area (Å²) in [4.78, 5) is 49.5. The van der Waals surface area contributed by atoms with Gasteiger partial charge in [-0.2, -0.15) is 0 Å². The van der Waals surface area contributed by atoms with Gasteiger partial charge in [0.05, 0.1) is 19.3 Å². The monoisotopic (exact) mass is 472 g/mol. The van der Waals surface area contributed by atoms with E-state index in [1.54, 1.807) is 23.1 Å². The lowest BCUT2D eigenvalue weighted by atomic mass is 10.1. The molecule has 2 aromatic carbocycles. The Bertz CT molecular complexity index is 1090. The number of amides is 3. The summed E-state index contributed by atoms with van der Waals surface area (Å²) in [7, 11) is 1.46. The Morgan fingerprint density at radius 2 is 1.88 bits per heavy atom. The number of nitrogens with one attached hydrogen (secondary N) is 1. The van der Waals surface area contributed by atoms with Gasteiger partial charge < -0.3 is 9.47 Å². The van der Waals surface area contributed by atoms with Crippen LogP contribution in [-0.4, -0.2) is 41.1 Å². The van der Waals surface area contributed by atoms with Crippen LogP contribution < -0.4 is 19.7 Å². The molecule has 0 radical (unpaired) electrons. The second kappa shape index (κ2) is 9.25. The molecule has 8 nitrogen and oxygen atoms in total. The van der Waals surface area contributed by atoms with Crippen molar-refractivity contribution in [3.8, 4) is 11.5 Å². The molecule has 2 saturated heterocycles. The van der Waals surface area contributed by atoms with Crippen LogP contribution in [0, 0.1) is 6.92 Å². The lowest BCUT2D eigenvalue weighted by molar-refractivity contribution is -0.136. The van der Waals surface area contributed by atoms with Gasteiger partial charge in [0.15, 0.2) is 11.5 Å². The van der Waals surface area contributed by atoms with Crippen LogP contribution in [0.5, 0.6) is 11.5 Å². The van der Waals surface area contributed by atoms with Crippen molar-refractivity contribution in [3.05, 3.63) is 53.6 Å². The first-order valence-corrected chi connectivity index (χ1v) is 11.7. The number of anilines is 1. The fourth-order valence-corrected chi connectivity index (χ4v) is 5.39.